The van der Waals surface area contributed by atoms with Crippen molar-refractivity contribution in [2.45, 2.75) is 6.36 Å². The summed E-state index contributed by atoms with van der Waals surface area (Å²) in [5.41, 5.74) is -0.536. The first kappa shape index (κ1) is 13.8. The predicted molar refractivity (Wildman–Crippen MR) is 57.1 cm³/mol. The Morgan fingerprint density at radius 3 is 2.53 bits per heavy atom. The van der Waals surface area contributed by atoms with Crippen LogP contribution >= 0.6 is 22.6 Å². The van der Waals surface area contributed by atoms with Crippen LogP contribution in [0.2, 0.25) is 0 Å². The lowest BCUT2D eigenvalue weighted by Gasteiger charge is -2.12. The number of alkyl halides is 3. The van der Waals surface area contributed by atoms with E-state index in [1.165, 1.54) is 0 Å². The Morgan fingerprint density at radius 2 is 2.12 bits per heavy atom. The minimum atomic E-state index is -4.97. The highest BCUT2D eigenvalue weighted by molar-refractivity contribution is 14.1. The minimum Gasteiger partial charge on any atom is -0.491 e. The summed E-state index contributed by atoms with van der Waals surface area (Å²) in [7, 11) is 1.12. The maximum atomic E-state index is 12.0. The molecule has 0 fully saturated rings. The molecule has 9 heteroatoms. The molecule has 0 aromatic carbocycles. The molecule has 0 aliphatic carbocycles. The molecule has 0 amide bonds. The fourth-order valence-corrected chi connectivity index (χ4v) is 1.57. The largest absolute Gasteiger partial charge is 0.574 e. The van der Waals surface area contributed by atoms with E-state index in [1.807, 2.05) is 0 Å². The highest BCUT2D eigenvalue weighted by Crippen LogP contribution is 2.32. The van der Waals surface area contributed by atoms with Gasteiger partial charge in [-0.15, -0.1) is 13.2 Å². The minimum absolute atomic E-state index is 0.140. The molecule has 0 atom stereocenters. The Bertz CT molecular complexity index is 449. The summed E-state index contributed by atoms with van der Waals surface area (Å²) in [6.45, 7) is 0. The average Bonchev–Trinajstić information content (AvgIpc) is 2.17. The van der Waals surface area contributed by atoms with Gasteiger partial charge in [0.05, 0.1) is 10.7 Å². The summed E-state index contributed by atoms with van der Waals surface area (Å²) in [5, 5.41) is 8.71. The molecule has 17 heavy (non-hydrogen) atoms. The smallest absolute Gasteiger partial charge is 0.491 e. The van der Waals surface area contributed by atoms with E-state index in [4.69, 9.17) is 5.11 Å². The zero-order valence-corrected chi connectivity index (χ0v) is 10.4. The first-order valence-corrected chi connectivity index (χ1v) is 5.06. The van der Waals surface area contributed by atoms with Gasteiger partial charge in [0, 0.05) is 6.07 Å². The van der Waals surface area contributed by atoms with Gasteiger partial charge < -0.3 is 14.6 Å². The number of hydrogen-bond donors (Lipinski definition) is 1. The second-order valence-electron chi connectivity index (χ2n) is 2.68. The van der Waals surface area contributed by atoms with Crippen LogP contribution in [0.15, 0.2) is 6.07 Å². The lowest BCUT2D eigenvalue weighted by atomic mass is 10.3. The van der Waals surface area contributed by atoms with E-state index in [0.29, 0.717) is 0 Å². The number of carboxylic acids is 1. The van der Waals surface area contributed by atoms with Crippen LogP contribution in [0.25, 0.3) is 0 Å². The van der Waals surface area contributed by atoms with Gasteiger partial charge in [0.2, 0.25) is 0 Å². The Labute approximate surface area is 107 Å². The molecule has 5 nitrogen and oxygen atoms in total. The van der Waals surface area contributed by atoms with Gasteiger partial charge in [-0.05, 0) is 22.6 Å². The fourth-order valence-electron chi connectivity index (χ4n) is 0.934. The number of hydrogen-bond acceptors (Lipinski definition) is 4. The van der Waals surface area contributed by atoms with Crippen molar-refractivity contribution >= 4 is 28.6 Å². The van der Waals surface area contributed by atoms with Crippen molar-refractivity contribution in [2.75, 3.05) is 7.11 Å². The van der Waals surface area contributed by atoms with Crippen molar-refractivity contribution in [1.29, 1.82) is 0 Å². The van der Waals surface area contributed by atoms with Crippen LogP contribution in [0.5, 0.6) is 11.6 Å². The van der Waals surface area contributed by atoms with Gasteiger partial charge in [-0.2, -0.15) is 0 Å². The average molecular weight is 363 g/mol. The van der Waals surface area contributed by atoms with Gasteiger partial charge >= 0.3 is 12.3 Å². The van der Waals surface area contributed by atoms with Crippen molar-refractivity contribution in [3.05, 3.63) is 15.3 Å². The molecule has 0 saturated heterocycles. The maximum Gasteiger partial charge on any atom is 0.574 e. The molecule has 0 radical (unpaired) electrons. The zero-order valence-electron chi connectivity index (χ0n) is 8.21. The van der Waals surface area contributed by atoms with Crippen LogP contribution in [0.3, 0.4) is 0 Å². The molecule has 1 aromatic rings. The number of carbonyl (C=O) groups is 1. The van der Waals surface area contributed by atoms with E-state index in [1.54, 1.807) is 22.6 Å². The summed E-state index contributed by atoms with van der Waals surface area (Å²) in [4.78, 5) is 13.9. The van der Waals surface area contributed by atoms with Crippen LogP contribution < -0.4 is 9.47 Å². The molecule has 0 bridgehead atoms. The Hall–Kier alpha value is -1.26. The number of pyridine rings is 1. The van der Waals surface area contributed by atoms with Gasteiger partial charge in [-0.3, -0.25) is 0 Å². The van der Waals surface area contributed by atoms with Crippen LogP contribution in [0.1, 0.15) is 10.5 Å². The van der Waals surface area contributed by atoms with E-state index in [9.17, 15) is 18.0 Å². The number of nitrogens with zero attached hydrogens (tertiary/aromatic N) is 1. The molecule has 1 heterocycles. The van der Waals surface area contributed by atoms with Crippen molar-refractivity contribution in [3.63, 3.8) is 0 Å². The zero-order chi connectivity index (χ0) is 13.2. The van der Waals surface area contributed by atoms with E-state index in [0.717, 1.165) is 13.2 Å². The molecule has 1 aromatic heterocycles. The summed E-state index contributed by atoms with van der Waals surface area (Å²) in [6.07, 6.45) is -4.97. The lowest BCUT2D eigenvalue weighted by molar-refractivity contribution is -0.276. The molecule has 0 aliphatic rings. The normalized spacial score (nSPS) is 11.1. The molecular weight excluding hydrogens is 358 g/mol. The van der Waals surface area contributed by atoms with Crippen LogP contribution in [0.4, 0.5) is 13.2 Å². The number of ether oxygens (including phenoxy) is 2. The van der Waals surface area contributed by atoms with Crippen molar-refractivity contribution in [3.8, 4) is 11.6 Å². The lowest BCUT2D eigenvalue weighted by Crippen LogP contribution is -2.19. The standard InChI is InChI=1S/C8H5F3INO4/c1-16-4-2-3(12)5(7(14)15)13-6(4)17-8(9,10)11/h2H,1H3,(H,14,15). The summed E-state index contributed by atoms with van der Waals surface area (Å²) >= 11 is 1.62. The topological polar surface area (TPSA) is 68.7 Å². The SMILES string of the molecule is COc1cc(I)c(C(=O)O)nc1OC(F)(F)F. The third-order valence-electron chi connectivity index (χ3n) is 1.54. The van der Waals surface area contributed by atoms with E-state index < -0.39 is 23.9 Å². The molecule has 1 N–H and O–H groups in total. The fraction of sp³-hybridized carbons (Fsp3) is 0.250. The second kappa shape index (κ2) is 4.94. The number of rotatable bonds is 3. The Kier molecular flexibility index (Phi) is 4.01. The second-order valence-corrected chi connectivity index (χ2v) is 3.84. The van der Waals surface area contributed by atoms with E-state index >= 15 is 0 Å². The van der Waals surface area contributed by atoms with E-state index in [2.05, 4.69) is 14.5 Å². The number of methoxy groups -OCH3 is 1. The molecule has 0 saturated carbocycles. The highest BCUT2D eigenvalue weighted by Gasteiger charge is 2.34. The summed E-state index contributed by atoms with van der Waals surface area (Å²) in [6, 6.07) is 1.10. The van der Waals surface area contributed by atoms with Crippen molar-refractivity contribution in [1.82, 2.24) is 4.98 Å². The molecule has 1 rings (SSSR count). The van der Waals surface area contributed by atoms with Crippen LogP contribution in [-0.2, 0) is 0 Å². The Morgan fingerprint density at radius 1 is 1.53 bits per heavy atom. The number of aromatic carboxylic acids is 1. The van der Waals surface area contributed by atoms with Gasteiger partial charge in [0.25, 0.3) is 5.88 Å². The maximum absolute atomic E-state index is 12.0. The van der Waals surface area contributed by atoms with Crippen molar-refractivity contribution in [2.24, 2.45) is 0 Å². The van der Waals surface area contributed by atoms with E-state index in [-0.39, 0.29) is 9.32 Å². The first-order chi connectivity index (χ1) is 7.74. The Balaban J connectivity index is 3.26. The number of aromatic nitrogens is 1. The molecule has 0 spiro atoms. The van der Waals surface area contributed by atoms with Gasteiger partial charge in [-0.1, -0.05) is 0 Å². The molecule has 0 aliphatic heterocycles. The molecular formula is C8H5F3INO4. The number of halogens is 4. The van der Waals surface area contributed by atoms with Crippen LogP contribution in [0, 0.1) is 3.57 Å². The van der Waals surface area contributed by atoms with Gasteiger partial charge in [0.15, 0.2) is 11.4 Å². The quantitative estimate of drug-likeness (QED) is 0.835. The summed E-state index contributed by atoms with van der Waals surface area (Å²) in [5.74, 6) is -2.68. The first-order valence-electron chi connectivity index (χ1n) is 3.98. The third-order valence-corrected chi connectivity index (χ3v) is 2.37. The monoisotopic (exact) mass is 363 g/mol. The van der Waals surface area contributed by atoms with Gasteiger partial charge in [-0.25, -0.2) is 9.78 Å². The third kappa shape index (κ3) is 3.61. The van der Waals surface area contributed by atoms with Gasteiger partial charge in [0.1, 0.15) is 0 Å². The van der Waals surface area contributed by atoms with Crippen LogP contribution in [-0.4, -0.2) is 29.5 Å². The number of carboxylic acid groups (broad SMARTS) is 1. The molecule has 94 valence electrons. The molecule has 0 unspecified atom stereocenters. The highest BCUT2D eigenvalue weighted by atomic mass is 127. The van der Waals surface area contributed by atoms with Crippen molar-refractivity contribution < 1.29 is 32.5 Å². The predicted octanol–water partition coefficient (Wildman–Crippen LogP) is 2.29. The summed E-state index contributed by atoms with van der Waals surface area (Å²) < 4.78 is 44.4.